The zero-order chi connectivity index (χ0) is 25.2. The SMILES string of the molecule is CC(C)OC(=O)N[C@H](C(=O)N1C[C@H](Oc2nccc3c(Cl)cccc23)CC1C(N)=O)C(C)(C)C. The van der Waals surface area contributed by atoms with Gasteiger partial charge in [-0.15, -0.1) is 0 Å². The van der Waals surface area contributed by atoms with E-state index in [0.717, 1.165) is 10.8 Å². The molecule has 0 radical (unpaired) electrons. The van der Waals surface area contributed by atoms with E-state index in [4.69, 9.17) is 26.8 Å². The lowest BCUT2D eigenvalue weighted by Crippen LogP contribution is -2.57. The number of nitrogens with one attached hydrogen (secondary N) is 1. The van der Waals surface area contributed by atoms with Gasteiger partial charge in [-0.25, -0.2) is 9.78 Å². The molecule has 1 unspecified atom stereocenters. The summed E-state index contributed by atoms with van der Waals surface area (Å²) in [7, 11) is 0. The lowest BCUT2D eigenvalue weighted by molar-refractivity contribution is -0.141. The molecule has 0 aliphatic carbocycles. The number of fused-ring (bicyclic) bond motifs is 1. The molecule has 1 aromatic carbocycles. The minimum absolute atomic E-state index is 0.110. The Morgan fingerprint density at radius 3 is 2.53 bits per heavy atom. The molecule has 1 aliphatic heterocycles. The number of rotatable bonds is 6. The van der Waals surface area contributed by atoms with Crippen molar-refractivity contribution in [1.82, 2.24) is 15.2 Å². The summed E-state index contributed by atoms with van der Waals surface area (Å²) in [6.07, 6.45) is 0.213. The van der Waals surface area contributed by atoms with E-state index in [0.29, 0.717) is 10.9 Å². The van der Waals surface area contributed by atoms with Crippen molar-refractivity contribution in [2.24, 2.45) is 11.1 Å². The molecule has 1 aliphatic rings. The highest BCUT2D eigenvalue weighted by atomic mass is 35.5. The third-order valence-electron chi connectivity index (χ3n) is 5.59. The van der Waals surface area contributed by atoms with Crippen molar-refractivity contribution in [2.45, 2.75) is 65.3 Å². The monoisotopic (exact) mass is 490 g/mol. The van der Waals surface area contributed by atoms with Crippen molar-refractivity contribution >= 4 is 40.3 Å². The third kappa shape index (κ3) is 5.70. The van der Waals surface area contributed by atoms with Crippen molar-refractivity contribution in [3.63, 3.8) is 0 Å². The van der Waals surface area contributed by atoms with E-state index in [1.807, 2.05) is 26.8 Å². The molecule has 1 saturated heterocycles. The zero-order valence-corrected chi connectivity index (χ0v) is 20.8. The predicted molar refractivity (Wildman–Crippen MR) is 128 cm³/mol. The fourth-order valence-corrected chi connectivity index (χ4v) is 4.21. The Labute approximate surface area is 203 Å². The number of primary amides is 1. The third-order valence-corrected chi connectivity index (χ3v) is 5.92. The molecule has 3 amide bonds. The van der Waals surface area contributed by atoms with Crippen LogP contribution in [0.1, 0.15) is 41.0 Å². The van der Waals surface area contributed by atoms with Crippen LogP contribution < -0.4 is 15.8 Å². The summed E-state index contributed by atoms with van der Waals surface area (Å²) in [5.41, 5.74) is 4.98. The van der Waals surface area contributed by atoms with Gasteiger partial charge in [0.2, 0.25) is 17.7 Å². The number of halogens is 1. The summed E-state index contributed by atoms with van der Waals surface area (Å²) in [6.45, 7) is 8.99. The normalized spacial score (nSPS) is 19.2. The van der Waals surface area contributed by atoms with Crippen molar-refractivity contribution in [3.8, 4) is 5.88 Å². The Kier molecular flexibility index (Phi) is 7.55. The molecule has 0 spiro atoms. The van der Waals surface area contributed by atoms with Gasteiger partial charge in [0, 0.05) is 28.4 Å². The number of hydrogen-bond donors (Lipinski definition) is 2. The zero-order valence-electron chi connectivity index (χ0n) is 20.0. The molecule has 3 atom stereocenters. The Hall–Kier alpha value is -3.07. The average molecular weight is 491 g/mol. The molecule has 10 heteroatoms. The van der Waals surface area contributed by atoms with Crippen LogP contribution in [0.4, 0.5) is 4.79 Å². The Bertz CT molecular complexity index is 1080. The number of carbonyl (C=O) groups is 3. The molecule has 0 saturated carbocycles. The lowest BCUT2D eigenvalue weighted by atomic mass is 9.85. The van der Waals surface area contributed by atoms with Gasteiger partial charge in [0.15, 0.2) is 0 Å². The molecule has 0 bridgehead atoms. The Balaban J connectivity index is 1.84. The van der Waals surface area contributed by atoms with Crippen molar-refractivity contribution in [1.29, 1.82) is 0 Å². The minimum Gasteiger partial charge on any atom is -0.472 e. The number of likely N-dealkylation sites (tertiary alicyclic amines) is 1. The molecular formula is C24H31ClN4O5. The summed E-state index contributed by atoms with van der Waals surface area (Å²) in [5, 5.41) is 4.72. The van der Waals surface area contributed by atoms with Crippen LogP contribution in [0, 0.1) is 5.41 Å². The summed E-state index contributed by atoms with van der Waals surface area (Å²) in [5.74, 6) is -0.726. The van der Waals surface area contributed by atoms with Crippen LogP contribution in [0.3, 0.4) is 0 Å². The van der Waals surface area contributed by atoms with Crippen molar-refractivity contribution < 1.29 is 23.9 Å². The minimum atomic E-state index is -0.936. The second-order valence-electron chi connectivity index (χ2n) is 9.73. The van der Waals surface area contributed by atoms with Gasteiger partial charge in [-0.2, -0.15) is 0 Å². The van der Waals surface area contributed by atoms with Crippen LogP contribution in [0.5, 0.6) is 5.88 Å². The fourth-order valence-electron chi connectivity index (χ4n) is 3.97. The first-order valence-corrected chi connectivity index (χ1v) is 11.5. The number of carbonyl (C=O) groups excluding carboxylic acids is 3. The molecule has 2 aromatic rings. The highest BCUT2D eigenvalue weighted by Gasteiger charge is 2.45. The molecule has 184 valence electrons. The molecular weight excluding hydrogens is 460 g/mol. The van der Waals surface area contributed by atoms with E-state index in [1.54, 1.807) is 38.2 Å². The summed E-state index contributed by atoms with van der Waals surface area (Å²) >= 11 is 6.28. The van der Waals surface area contributed by atoms with Crippen LogP contribution in [0.15, 0.2) is 30.5 Å². The van der Waals surface area contributed by atoms with E-state index < -0.39 is 41.5 Å². The van der Waals surface area contributed by atoms with Crippen LogP contribution in [-0.4, -0.2) is 58.6 Å². The molecule has 34 heavy (non-hydrogen) atoms. The first kappa shape index (κ1) is 25.6. The topological polar surface area (TPSA) is 124 Å². The summed E-state index contributed by atoms with van der Waals surface area (Å²) < 4.78 is 11.3. The summed E-state index contributed by atoms with van der Waals surface area (Å²) in [4.78, 5) is 43.7. The first-order valence-electron chi connectivity index (χ1n) is 11.1. The van der Waals surface area contributed by atoms with E-state index in [9.17, 15) is 14.4 Å². The number of hydrogen-bond acceptors (Lipinski definition) is 6. The van der Waals surface area contributed by atoms with Gasteiger partial charge in [0.25, 0.3) is 0 Å². The highest BCUT2D eigenvalue weighted by Crippen LogP contribution is 2.32. The number of alkyl carbamates (subject to hydrolysis) is 1. The molecule has 1 fully saturated rings. The maximum Gasteiger partial charge on any atom is 0.408 e. The van der Waals surface area contributed by atoms with Crippen LogP contribution >= 0.6 is 11.6 Å². The van der Waals surface area contributed by atoms with Gasteiger partial charge in [0.05, 0.1) is 12.6 Å². The van der Waals surface area contributed by atoms with Gasteiger partial charge < -0.3 is 25.4 Å². The molecule has 9 nitrogen and oxygen atoms in total. The van der Waals surface area contributed by atoms with Gasteiger partial charge in [0.1, 0.15) is 18.2 Å². The van der Waals surface area contributed by atoms with Gasteiger partial charge >= 0.3 is 6.09 Å². The number of ether oxygens (including phenoxy) is 2. The number of amides is 3. The smallest absolute Gasteiger partial charge is 0.408 e. The molecule has 2 heterocycles. The van der Waals surface area contributed by atoms with Crippen molar-refractivity contribution in [2.75, 3.05) is 6.54 Å². The predicted octanol–water partition coefficient (Wildman–Crippen LogP) is 3.27. The van der Waals surface area contributed by atoms with Crippen LogP contribution in [-0.2, 0) is 14.3 Å². The van der Waals surface area contributed by atoms with E-state index in [-0.39, 0.29) is 19.1 Å². The lowest BCUT2D eigenvalue weighted by Gasteiger charge is -2.34. The maximum absolute atomic E-state index is 13.5. The largest absolute Gasteiger partial charge is 0.472 e. The van der Waals surface area contributed by atoms with Gasteiger partial charge in [-0.3, -0.25) is 9.59 Å². The number of pyridine rings is 1. The first-order chi connectivity index (χ1) is 15.9. The van der Waals surface area contributed by atoms with Gasteiger partial charge in [-0.1, -0.05) is 38.4 Å². The molecule has 1 aromatic heterocycles. The van der Waals surface area contributed by atoms with Crippen LogP contribution in [0.25, 0.3) is 10.8 Å². The van der Waals surface area contributed by atoms with E-state index >= 15 is 0 Å². The molecule has 3 N–H and O–H groups in total. The number of nitrogens with two attached hydrogens (primary N) is 1. The van der Waals surface area contributed by atoms with E-state index in [1.165, 1.54) is 4.90 Å². The number of aromatic nitrogens is 1. The van der Waals surface area contributed by atoms with Crippen LogP contribution in [0.2, 0.25) is 5.02 Å². The Morgan fingerprint density at radius 1 is 1.21 bits per heavy atom. The van der Waals surface area contributed by atoms with Crippen molar-refractivity contribution in [3.05, 3.63) is 35.5 Å². The quantitative estimate of drug-likeness (QED) is 0.640. The summed E-state index contributed by atoms with van der Waals surface area (Å²) in [6, 6.07) is 5.38. The van der Waals surface area contributed by atoms with Gasteiger partial charge in [-0.05, 0) is 37.5 Å². The Morgan fingerprint density at radius 2 is 1.91 bits per heavy atom. The fraction of sp³-hybridized carbons (Fsp3) is 0.500. The average Bonchev–Trinajstić information content (AvgIpc) is 3.15. The molecule has 3 rings (SSSR count). The maximum atomic E-state index is 13.5. The second kappa shape index (κ2) is 10.0. The highest BCUT2D eigenvalue weighted by molar-refractivity contribution is 6.35. The number of nitrogens with zero attached hydrogens (tertiary/aromatic N) is 2. The standard InChI is InChI=1S/C24H31ClN4O5/c1-13(2)33-23(32)28-19(24(3,4)5)22(31)29-12-14(11-18(29)20(26)30)34-21-16-7-6-8-17(25)15(16)9-10-27-21/h6-10,13-14,18-19H,11-12H2,1-5H3,(H2,26,30)(H,28,32)/t14-,18?,19-/m1/s1. The number of benzene rings is 1. The second-order valence-corrected chi connectivity index (χ2v) is 10.1. The van der Waals surface area contributed by atoms with E-state index in [2.05, 4.69) is 10.3 Å².